The summed E-state index contributed by atoms with van der Waals surface area (Å²) in [5.41, 5.74) is 0. The van der Waals surface area contributed by atoms with Crippen LogP contribution in [0.25, 0.3) is 0 Å². The molecule has 0 aromatic heterocycles. The first-order valence-electron chi connectivity index (χ1n) is 7.16. The fourth-order valence-corrected chi connectivity index (χ4v) is 2.09. The Morgan fingerprint density at radius 1 is 1.16 bits per heavy atom. The van der Waals surface area contributed by atoms with Crippen LogP contribution in [0.1, 0.15) is 53.9 Å². The third kappa shape index (κ3) is 6.65. The van der Waals surface area contributed by atoms with Crippen molar-refractivity contribution in [2.75, 3.05) is 13.7 Å². The highest BCUT2D eigenvalue weighted by molar-refractivity contribution is 4.96. The minimum atomic E-state index is -2.18. The normalized spacial score (nSPS) is 27.3. The first-order valence-corrected chi connectivity index (χ1v) is 7.16. The fraction of sp³-hybridized carbons (Fsp3) is 1.00. The van der Waals surface area contributed by atoms with E-state index in [1.807, 2.05) is 13.8 Å². The van der Waals surface area contributed by atoms with Gasteiger partial charge in [0, 0.05) is 26.1 Å². The van der Waals surface area contributed by atoms with Crippen molar-refractivity contribution < 1.29 is 19.7 Å². The van der Waals surface area contributed by atoms with Gasteiger partial charge in [-0.1, -0.05) is 34.6 Å². The molecule has 2 atom stereocenters. The molecule has 2 fully saturated rings. The predicted molar refractivity (Wildman–Crippen MR) is 76.4 cm³/mol. The Balaban J connectivity index is 0. The largest absolute Gasteiger partial charge is 0.400 e. The van der Waals surface area contributed by atoms with Crippen molar-refractivity contribution in [2.24, 2.45) is 5.92 Å². The van der Waals surface area contributed by atoms with E-state index in [9.17, 15) is 14.6 Å². The van der Waals surface area contributed by atoms with E-state index in [1.54, 1.807) is 0 Å². The number of aliphatic hydroxyl groups is 3. The van der Waals surface area contributed by atoms with Crippen LogP contribution in [0, 0.1) is 5.92 Å². The van der Waals surface area contributed by atoms with E-state index >= 15 is 0 Å². The lowest BCUT2D eigenvalue weighted by Gasteiger charge is -2.27. The molecular weight excluding hydrogens is 249 g/mol. The molecule has 0 amide bonds. The molecule has 5 heteroatoms. The van der Waals surface area contributed by atoms with E-state index in [4.69, 9.17) is 5.11 Å². The molecule has 19 heavy (non-hydrogen) atoms. The van der Waals surface area contributed by atoms with Gasteiger partial charge in [-0.15, -0.1) is 0 Å². The molecule has 0 bridgehead atoms. The molecular formula is C14H32FNO3. The predicted octanol–water partition coefficient (Wildman–Crippen LogP) is 2.13. The SMILES string of the molecule is CC.CC(C)C.CO.OC1(O)C(F)CC2CCCN21. The van der Waals surface area contributed by atoms with E-state index < -0.39 is 12.1 Å². The standard InChI is InChI=1S/C7H12FNO2.C4H10.C2H6.CH4O/c8-6-4-5-2-1-3-9(5)7(6,10)11;1-4(2)3;2*1-2/h5-6,10-11H,1-4H2;4H,1-3H3;1-2H3;2H,1H3. The molecule has 118 valence electrons. The number of nitrogens with zero attached hydrogens (tertiary/aromatic N) is 1. The molecule has 0 spiro atoms. The molecule has 0 aromatic rings. The maximum Gasteiger partial charge on any atom is 0.258 e. The number of fused-ring (bicyclic) bond motifs is 1. The van der Waals surface area contributed by atoms with Gasteiger partial charge in [0.25, 0.3) is 5.91 Å². The van der Waals surface area contributed by atoms with Gasteiger partial charge in [0.1, 0.15) is 0 Å². The zero-order valence-electron chi connectivity index (χ0n) is 13.2. The van der Waals surface area contributed by atoms with Gasteiger partial charge in [0.15, 0.2) is 6.17 Å². The Kier molecular flexibility index (Phi) is 11.7. The third-order valence-electron chi connectivity index (χ3n) is 2.70. The molecule has 2 aliphatic heterocycles. The van der Waals surface area contributed by atoms with Gasteiger partial charge in [-0.3, -0.25) is 0 Å². The summed E-state index contributed by atoms with van der Waals surface area (Å²) in [6.07, 6.45) is 0.615. The van der Waals surface area contributed by atoms with Gasteiger partial charge < -0.3 is 15.3 Å². The molecule has 0 saturated carbocycles. The lowest BCUT2D eigenvalue weighted by atomic mass is 10.1. The second-order valence-corrected chi connectivity index (χ2v) is 5.11. The Labute approximate surface area is 117 Å². The Morgan fingerprint density at radius 3 is 1.95 bits per heavy atom. The van der Waals surface area contributed by atoms with Gasteiger partial charge in [-0.25, -0.2) is 9.29 Å². The molecule has 3 N–H and O–H groups in total. The van der Waals surface area contributed by atoms with Crippen LogP contribution in [0.15, 0.2) is 0 Å². The number of hydrogen-bond acceptors (Lipinski definition) is 4. The van der Waals surface area contributed by atoms with Crippen LogP contribution in [-0.2, 0) is 0 Å². The molecule has 2 unspecified atom stereocenters. The topological polar surface area (TPSA) is 63.9 Å². The van der Waals surface area contributed by atoms with Crippen LogP contribution in [0.3, 0.4) is 0 Å². The van der Waals surface area contributed by atoms with Crippen LogP contribution in [0.5, 0.6) is 0 Å². The van der Waals surface area contributed by atoms with Crippen molar-refractivity contribution >= 4 is 0 Å². The van der Waals surface area contributed by atoms with Gasteiger partial charge in [-0.05, 0) is 18.8 Å². The van der Waals surface area contributed by atoms with Crippen LogP contribution in [0.4, 0.5) is 4.39 Å². The smallest absolute Gasteiger partial charge is 0.258 e. The summed E-state index contributed by atoms with van der Waals surface area (Å²) in [5.74, 6) is -1.35. The first kappa shape index (κ1) is 21.1. The highest BCUT2D eigenvalue weighted by Gasteiger charge is 2.53. The Hall–Kier alpha value is -0.230. The zero-order chi connectivity index (χ0) is 15.6. The number of hydrogen-bond donors (Lipinski definition) is 3. The van der Waals surface area contributed by atoms with Gasteiger partial charge >= 0.3 is 0 Å². The summed E-state index contributed by atoms with van der Waals surface area (Å²) in [4.78, 5) is 1.46. The molecule has 0 aliphatic carbocycles. The maximum absolute atomic E-state index is 12.9. The van der Waals surface area contributed by atoms with Crippen LogP contribution >= 0.6 is 0 Å². The Morgan fingerprint density at radius 2 is 1.58 bits per heavy atom. The number of alkyl halides is 1. The van der Waals surface area contributed by atoms with Crippen LogP contribution in [0.2, 0.25) is 0 Å². The summed E-state index contributed by atoms with van der Waals surface area (Å²) in [5, 5.41) is 25.5. The second kappa shape index (κ2) is 10.5. The minimum Gasteiger partial charge on any atom is -0.400 e. The van der Waals surface area contributed by atoms with Gasteiger partial charge in [0.05, 0.1) is 0 Å². The molecule has 2 saturated heterocycles. The summed E-state index contributed by atoms with van der Waals surface area (Å²) in [6.45, 7) is 11.1. The number of halogens is 1. The summed E-state index contributed by atoms with van der Waals surface area (Å²) in [7, 11) is 1.00. The third-order valence-corrected chi connectivity index (χ3v) is 2.70. The summed E-state index contributed by atoms with van der Waals surface area (Å²) in [6, 6.07) is 0.0556. The monoisotopic (exact) mass is 281 g/mol. The van der Waals surface area contributed by atoms with E-state index in [1.165, 1.54) is 4.90 Å². The summed E-state index contributed by atoms with van der Waals surface area (Å²) < 4.78 is 12.9. The Bertz CT molecular complexity index is 210. The van der Waals surface area contributed by atoms with Crippen molar-refractivity contribution in [3.63, 3.8) is 0 Å². The highest BCUT2D eigenvalue weighted by Crippen LogP contribution is 2.38. The van der Waals surface area contributed by atoms with Crippen molar-refractivity contribution in [3.8, 4) is 0 Å². The van der Waals surface area contributed by atoms with E-state index in [-0.39, 0.29) is 12.5 Å². The second-order valence-electron chi connectivity index (χ2n) is 5.11. The van der Waals surface area contributed by atoms with Crippen LogP contribution < -0.4 is 0 Å². The molecule has 2 aliphatic rings. The highest BCUT2D eigenvalue weighted by atomic mass is 19.1. The van der Waals surface area contributed by atoms with Crippen molar-refractivity contribution in [3.05, 3.63) is 0 Å². The molecule has 4 nitrogen and oxygen atoms in total. The number of aliphatic hydroxyl groups excluding tert-OH is 1. The lowest BCUT2D eigenvalue weighted by Crippen LogP contribution is -2.49. The van der Waals surface area contributed by atoms with Crippen molar-refractivity contribution in [2.45, 2.75) is 72.0 Å². The maximum atomic E-state index is 12.9. The van der Waals surface area contributed by atoms with E-state index in [2.05, 4.69) is 20.8 Å². The van der Waals surface area contributed by atoms with Gasteiger partial charge in [0.2, 0.25) is 0 Å². The zero-order valence-corrected chi connectivity index (χ0v) is 13.2. The molecule has 0 radical (unpaired) electrons. The molecule has 2 heterocycles. The molecule has 2 rings (SSSR count). The average molecular weight is 281 g/mol. The first-order chi connectivity index (χ1) is 8.85. The van der Waals surface area contributed by atoms with E-state index in [0.29, 0.717) is 6.54 Å². The van der Waals surface area contributed by atoms with Crippen LogP contribution in [-0.4, -0.2) is 52.0 Å². The molecule has 0 aromatic carbocycles. The van der Waals surface area contributed by atoms with E-state index in [0.717, 1.165) is 25.9 Å². The fourth-order valence-electron chi connectivity index (χ4n) is 2.09. The summed E-state index contributed by atoms with van der Waals surface area (Å²) >= 11 is 0. The average Bonchev–Trinajstić information content (AvgIpc) is 2.89. The quantitative estimate of drug-likeness (QED) is 0.595. The van der Waals surface area contributed by atoms with Crippen molar-refractivity contribution in [1.82, 2.24) is 4.90 Å². The van der Waals surface area contributed by atoms with Crippen molar-refractivity contribution in [1.29, 1.82) is 0 Å². The van der Waals surface area contributed by atoms with Gasteiger partial charge in [-0.2, -0.15) is 0 Å². The number of rotatable bonds is 0. The minimum absolute atomic E-state index is 0.0556. The lowest BCUT2D eigenvalue weighted by molar-refractivity contribution is -0.271.